The van der Waals surface area contributed by atoms with E-state index in [0.717, 1.165) is 59.0 Å². The van der Waals surface area contributed by atoms with Crippen LogP contribution in [0, 0.1) is 0 Å². The van der Waals surface area contributed by atoms with Crippen molar-refractivity contribution >= 4 is 17.4 Å². The van der Waals surface area contributed by atoms with Gasteiger partial charge in [0.15, 0.2) is 0 Å². The summed E-state index contributed by atoms with van der Waals surface area (Å²) in [4.78, 5) is 20.7. The first kappa shape index (κ1) is 18.6. The van der Waals surface area contributed by atoms with E-state index in [4.69, 9.17) is 4.74 Å². The number of carbonyl (C=O) groups is 1. The van der Waals surface area contributed by atoms with Gasteiger partial charge in [-0.3, -0.25) is 9.80 Å². The van der Waals surface area contributed by atoms with E-state index in [2.05, 4.69) is 46.5 Å². The Morgan fingerprint density at radius 2 is 1.92 bits per heavy atom. The van der Waals surface area contributed by atoms with Crippen molar-refractivity contribution in [1.29, 1.82) is 0 Å². The summed E-state index contributed by atoms with van der Waals surface area (Å²) < 4.78 is 5.42. The molecule has 1 N–H and O–H groups in total. The van der Waals surface area contributed by atoms with Crippen molar-refractivity contribution in [3.05, 3.63) is 22.4 Å². The first-order valence-electron chi connectivity index (χ1n) is 9.15. The molecule has 6 nitrogen and oxygen atoms in total. The minimum Gasteiger partial charge on any atom is -0.379 e. The topological polar surface area (TPSA) is 48.1 Å². The molecule has 2 fully saturated rings. The minimum atomic E-state index is -0.0412. The normalized spacial score (nSPS) is 20.6. The third-order valence-electron chi connectivity index (χ3n) is 5.16. The molecule has 140 valence electrons. The van der Waals surface area contributed by atoms with Crippen LogP contribution < -0.4 is 5.32 Å². The van der Waals surface area contributed by atoms with E-state index in [9.17, 15) is 4.79 Å². The van der Waals surface area contributed by atoms with Crippen molar-refractivity contribution in [2.45, 2.75) is 25.9 Å². The van der Waals surface area contributed by atoms with Crippen molar-refractivity contribution in [2.24, 2.45) is 0 Å². The number of ether oxygens (including phenoxy) is 1. The van der Waals surface area contributed by atoms with Crippen molar-refractivity contribution < 1.29 is 9.53 Å². The maximum absolute atomic E-state index is 12.5. The van der Waals surface area contributed by atoms with Crippen molar-refractivity contribution in [1.82, 2.24) is 20.0 Å². The van der Waals surface area contributed by atoms with Crippen molar-refractivity contribution in [3.63, 3.8) is 0 Å². The largest absolute Gasteiger partial charge is 0.379 e. The van der Waals surface area contributed by atoms with E-state index in [1.54, 1.807) is 11.3 Å². The van der Waals surface area contributed by atoms with Gasteiger partial charge in [-0.25, -0.2) is 4.79 Å². The summed E-state index contributed by atoms with van der Waals surface area (Å²) in [6.45, 7) is 13.0. The third kappa shape index (κ3) is 5.17. The molecule has 2 amide bonds. The fourth-order valence-corrected chi connectivity index (χ4v) is 4.16. The smallest absolute Gasteiger partial charge is 0.317 e. The van der Waals surface area contributed by atoms with Gasteiger partial charge in [-0.15, -0.1) is 11.3 Å². The molecule has 0 saturated carbocycles. The lowest BCUT2D eigenvalue weighted by molar-refractivity contribution is -0.00917. The van der Waals surface area contributed by atoms with Gasteiger partial charge < -0.3 is 15.0 Å². The molecule has 0 unspecified atom stereocenters. The molecule has 0 atom stereocenters. The van der Waals surface area contributed by atoms with Gasteiger partial charge in [0, 0.05) is 62.8 Å². The van der Waals surface area contributed by atoms with E-state index in [1.807, 2.05) is 4.90 Å². The van der Waals surface area contributed by atoms with Gasteiger partial charge in [-0.05, 0) is 25.3 Å². The maximum atomic E-state index is 12.5. The molecule has 25 heavy (non-hydrogen) atoms. The number of nitrogens with one attached hydrogen (secondary N) is 1. The monoisotopic (exact) mass is 366 g/mol. The highest BCUT2D eigenvalue weighted by Gasteiger charge is 2.29. The lowest BCUT2D eigenvalue weighted by Gasteiger charge is -2.41. The molecule has 3 heterocycles. The Hall–Kier alpha value is -1.15. The molecular weight excluding hydrogens is 336 g/mol. The Labute approximate surface area is 154 Å². The van der Waals surface area contributed by atoms with Crippen LogP contribution in [0.1, 0.15) is 18.7 Å². The van der Waals surface area contributed by atoms with Crippen LogP contribution in [0.5, 0.6) is 0 Å². The molecule has 1 aromatic rings. The van der Waals surface area contributed by atoms with E-state index in [0.29, 0.717) is 6.54 Å². The molecular formula is C18H30N4O2S. The molecule has 3 rings (SSSR count). The first-order valence-corrected chi connectivity index (χ1v) is 10.0. The molecule has 0 spiro atoms. The van der Waals surface area contributed by atoms with Gasteiger partial charge in [0.2, 0.25) is 0 Å². The number of carbonyl (C=O) groups excluding carboxylic acids is 1. The number of piperazine rings is 1. The fraction of sp³-hybridized carbons (Fsp3) is 0.722. The molecule has 0 aromatic carbocycles. The van der Waals surface area contributed by atoms with Crippen molar-refractivity contribution in [3.8, 4) is 0 Å². The number of amides is 2. The van der Waals surface area contributed by atoms with Crippen LogP contribution in [-0.2, 0) is 11.3 Å². The highest BCUT2D eigenvalue weighted by Crippen LogP contribution is 2.16. The zero-order valence-electron chi connectivity index (χ0n) is 15.4. The Morgan fingerprint density at radius 3 is 2.56 bits per heavy atom. The second-order valence-electron chi connectivity index (χ2n) is 7.41. The predicted molar refractivity (Wildman–Crippen MR) is 101 cm³/mol. The van der Waals surface area contributed by atoms with Gasteiger partial charge in [-0.1, -0.05) is 6.07 Å². The number of hydrogen-bond donors (Lipinski definition) is 1. The van der Waals surface area contributed by atoms with Crippen LogP contribution >= 0.6 is 11.3 Å². The van der Waals surface area contributed by atoms with E-state index in [-0.39, 0.29) is 11.6 Å². The average molecular weight is 367 g/mol. The molecule has 7 heteroatoms. The summed E-state index contributed by atoms with van der Waals surface area (Å²) >= 11 is 1.80. The van der Waals surface area contributed by atoms with Gasteiger partial charge in [-0.2, -0.15) is 0 Å². The molecule has 1 aromatic heterocycles. The molecule has 0 aliphatic carbocycles. The second-order valence-corrected chi connectivity index (χ2v) is 8.45. The summed E-state index contributed by atoms with van der Waals surface area (Å²) in [5.74, 6) is 0. The maximum Gasteiger partial charge on any atom is 0.317 e. The summed E-state index contributed by atoms with van der Waals surface area (Å²) in [6, 6.07) is 4.34. The zero-order valence-corrected chi connectivity index (χ0v) is 16.2. The van der Waals surface area contributed by atoms with Crippen LogP contribution in [0.15, 0.2) is 17.5 Å². The Kier molecular flexibility index (Phi) is 6.33. The van der Waals surface area contributed by atoms with Gasteiger partial charge >= 0.3 is 6.03 Å². The van der Waals surface area contributed by atoms with Crippen LogP contribution in [-0.4, -0.2) is 85.3 Å². The van der Waals surface area contributed by atoms with Gasteiger partial charge in [0.05, 0.1) is 13.2 Å². The number of rotatable bonds is 5. The van der Waals surface area contributed by atoms with E-state index in [1.165, 1.54) is 4.88 Å². The number of nitrogens with zero attached hydrogens (tertiary/aromatic N) is 3. The molecule has 2 aliphatic heterocycles. The number of morpholine rings is 1. The highest BCUT2D eigenvalue weighted by atomic mass is 32.1. The van der Waals surface area contributed by atoms with E-state index < -0.39 is 0 Å². The second kappa shape index (κ2) is 8.49. The zero-order chi connectivity index (χ0) is 17.7. The summed E-state index contributed by atoms with van der Waals surface area (Å²) in [7, 11) is 0. The van der Waals surface area contributed by atoms with Crippen molar-refractivity contribution in [2.75, 3.05) is 59.0 Å². The van der Waals surface area contributed by atoms with Crippen LogP contribution in [0.4, 0.5) is 4.79 Å². The highest BCUT2D eigenvalue weighted by molar-refractivity contribution is 7.09. The van der Waals surface area contributed by atoms with E-state index >= 15 is 0 Å². The van der Waals surface area contributed by atoms with Gasteiger partial charge in [0.1, 0.15) is 0 Å². The number of urea groups is 1. The predicted octanol–water partition coefficient (Wildman–Crippen LogP) is 1.69. The third-order valence-corrected chi connectivity index (χ3v) is 6.02. The van der Waals surface area contributed by atoms with Crippen LogP contribution in [0.25, 0.3) is 0 Å². The molecule has 2 aliphatic rings. The Bertz CT molecular complexity index is 535. The standard InChI is InChI=1S/C18H30N4O2S/c1-18(2,22-9-11-24-12-10-22)15-19-17(23)21-7-5-20(6-8-21)14-16-4-3-13-25-16/h3-4,13H,5-12,14-15H2,1-2H3,(H,19,23). The molecule has 0 radical (unpaired) electrons. The number of hydrogen-bond acceptors (Lipinski definition) is 5. The fourth-order valence-electron chi connectivity index (χ4n) is 3.42. The average Bonchev–Trinajstić information content (AvgIpc) is 3.14. The van der Waals surface area contributed by atoms with Crippen LogP contribution in [0.3, 0.4) is 0 Å². The molecule has 2 saturated heterocycles. The first-order chi connectivity index (χ1) is 12.0. The van der Waals surface area contributed by atoms with Crippen LogP contribution in [0.2, 0.25) is 0 Å². The lowest BCUT2D eigenvalue weighted by atomic mass is 10.0. The SMILES string of the molecule is CC(C)(CNC(=O)N1CCN(Cc2cccs2)CC1)N1CCOCC1. The summed E-state index contributed by atoms with van der Waals surface area (Å²) in [5, 5.41) is 5.26. The minimum absolute atomic E-state index is 0.0412. The summed E-state index contributed by atoms with van der Waals surface area (Å²) in [5.41, 5.74) is -0.0412. The summed E-state index contributed by atoms with van der Waals surface area (Å²) in [6.07, 6.45) is 0. The molecule has 0 bridgehead atoms. The van der Waals surface area contributed by atoms with Gasteiger partial charge in [0.25, 0.3) is 0 Å². The number of thiophene rings is 1. The Morgan fingerprint density at radius 1 is 1.20 bits per heavy atom. The Balaban J connectivity index is 1.40. The quantitative estimate of drug-likeness (QED) is 0.861. The lowest BCUT2D eigenvalue weighted by Crippen LogP contribution is -2.58.